The highest BCUT2D eigenvalue weighted by molar-refractivity contribution is 9.10. The molecule has 1 amide bonds. The maximum atomic E-state index is 13.4. The number of rotatable bonds is 5. The monoisotopic (exact) mass is 547 g/mol. The summed E-state index contributed by atoms with van der Waals surface area (Å²) >= 11 is 3.30. The van der Waals surface area contributed by atoms with Crippen molar-refractivity contribution >= 4 is 47.7 Å². The number of carbonyl (C=O) groups excluding carboxylic acids is 1. The van der Waals surface area contributed by atoms with Crippen molar-refractivity contribution in [1.82, 2.24) is 4.31 Å². The van der Waals surface area contributed by atoms with Crippen LogP contribution < -0.4 is 0 Å². The van der Waals surface area contributed by atoms with Gasteiger partial charge in [0.15, 0.2) is 0 Å². The molecule has 3 aromatic carbocycles. The van der Waals surface area contributed by atoms with Gasteiger partial charge in [0.25, 0.3) is 15.9 Å². The number of benzene rings is 3. The maximum absolute atomic E-state index is 13.4. The minimum absolute atomic E-state index is 0.100. The van der Waals surface area contributed by atoms with Crippen LogP contribution in [0.3, 0.4) is 0 Å². The van der Waals surface area contributed by atoms with Gasteiger partial charge < -0.3 is 4.18 Å². The Hall–Kier alpha value is -2.95. The molecule has 0 N–H and O–H groups in total. The van der Waals surface area contributed by atoms with Crippen LogP contribution in [0.4, 0.5) is 0 Å². The highest BCUT2D eigenvalue weighted by Gasteiger charge is 2.42. The fourth-order valence-corrected chi connectivity index (χ4v) is 5.85. The normalized spacial score (nSPS) is 15.1. The molecule has 3 aromatic rings. The molecule has 1 heterocycles. The Labute approximate surface area is 200 Å². The van der Waals surface area contributed by atoms with Crippen LogP contribution in [-0.2, 0) is 24.3 Å². The Bertz CT molecular complexity index is 1490. The lowest BCUT2D eigenvalue weighted by Crippen LogP contribution is -2.31. The number of aryl methyl sites for hydroxylation is 2. The lowest BCUT2D eigenvalue weighted by molar-refractivity contribution is 0.0916. The first-order valence-electron chi connectivity index (χ1n) is 9.67. The maximum Gasteiger partial charge on any atom is 0.338 e. The van der Waals surface area contributed by atoms with Crippen LogP contribution in [-0.4, -0.2) is 27.0 Å². The number of carbonyl (C=O) groups is 1. The summed E-state index contributed by atoms with van der Waals surface area (Å²) in [4.78, 5) is 12.9. The molecule has 170 valence electrons. The molecule has 10 heteroatoms. The van der Waals surface area contributed by atoms with Crippen LogP contribution in [0.2, 0.25) is 0 Å². The van der Waals surface area contributed by atoms with E-state index in [1.54, 1.807) is 37.3 Å². The second-order valence-electron chi connectivity index (χ2n) is 7.44. The van der Waals surface area contributed by atoms with Crippen LogP contribution in [0.25, 0.3) is 5.70 Å². The highest BCUT2D eigenvalue weighted by atomic mass is 79.9. The average molecular weight is 548 g/mol. The third kappa shape index (κ3) is 4.33. The van der Waals surface area contributed by atoms with Gasteiger partial charge in [-0.25, -0.2) is 8.42 Å². The van der Waals surface area contributed by atoms with Crippen molar-refractivity contribution in [3.63, 3.8) is 0 Å². The van der Waals surface area contributed by atoms with Crippen molar-refractivity contribution in [3.05, 3.63) is 99.7 Å². The summed E-state index contributed by atoms with van der Waals surface area (Å²) in [6, 6.07) is 16.6. The van der Waals surface area contributed by atoms with Gasteiger partial charge in [-0.15, -0.1) is 0 Å². The fraction of sp³-hybridized carbons (Fsp3) is 0.0870. The van der Waals surface area contributed by atoms with E-state index in [1.165, 1.54) is 36.4 Å². The highest BCUT2D eigenvalue weighted by Crippen LogP contribution is 2.39. The van der Waals surface area contributed by atoms with Gasteiger partial charge in [-0.05, 0) is 56.3 Å². The molecule has 1 aliphatic heterocycles. The quantitative estimate of drug-likeness (QED) is 0.341. The van der Waals surface area contributed by atoms with E-state index in [4.69, 9.17) is 4.18 Å². The van der Waals surface area contributed by atoms with Crippen LogP contribution in [0.5, 0.6) is 0 Å². The number of amides is 1. The van der Waals surface area contributed by atoms with E-state index in [-0.39, 0.29) is 26.6 Å². The van der Waals surface area contributed by atoms with E-state index in [1.807, 2.05) is 6.92 Å². The second-order valence-corrected chi connectivity index (χ2v) is 11.7. The van der Waals surface area contributed by atoms with Crippen molar-refractivity contribution in [2.24, 2.45) is 0 Å². The van der Waals surface area contributed by atoms with E-state index >= 15 is 0 Å². The third-order valence-electron chi connectivity index (χ3n) is 5.05. The van der Waals surface area contributed by atoms with Crippen LogP contribution >= 0.6 is 15.9 Å². The Morgan fingerprint density at radius 2 is 1.33 bits per heavy atom. The first-order chi connectivity index (χ1) is 15.5. The molecule has 7 nitrogen and oxygen atoms in total. The number of hydrogen-bond acceptors (Lipinski definition) is 6. The smallest absolute Gasteiger partial charge is 0.338 e. The van der Waals surface area contributed by atoms with Gasteiger partial charge in [-0.1, -0.05) is 51.3 Å². The summed E-state index contributed by atoms with van der Waals surface area (Å²) in [5, 5.41) is 0. The molecule has 0 radical (unpaired) electrons. The van der Waals surface area contributed by atoms with Crippen LogP contribution in [0.1, 0.15) is 27.0 Å². The summed E-state index contributed by atoms with van der Waals surface area (Å²) < 4.78 is 58.4. The minimum atomic E-state index is -4.35. The second kappa shape index (κ2) is 8.44. The molecule has 0 aromatic heterocycles. The van der Waals surface area contributed by atoms with Gasteiger partial charge in [-0.3, -0.25) is 4.79 Å². The predicted molar refractivity (Wildman–Crippen MR) is 126 cm³/mol. The van der Waals surface area contributed by atoms with Crippen molar-refractivity contribution in [3.8, 4) is 0 Å². The summed E-state index contributed by atoms with van der Waals surface area (Å²) in [6.45, 7) is 3.62. The Kier molecular flexibility index (Phi) is 5.94. The van der Waals surface area contributed by atoms with Gasteiger partial charge in [0.2, 0.25) is 0 Å². The van der Waals surface area contributed by atoms with Gasteiger partial charge >= 0.3 is 10.1 Å². The first kappa shape index (κ1) is 23.2. The molecule has 1 aliphatic rings. The largest absolute Gasteiger partial charge is 0.385 e. The zero-order chi connectivity index (χ0) is 24.0. The predicted octanol–water partition coefficient (Wildman–Crippen LogP) is 4.61. The molecular formula is C23H18BrNO6S2. The first-order valence-corrected chi connectivity index (χ1v) is 13.3. The Morgan fingerprint density at radius 1 is 0.788 bits per heavy atom. The SMILES string of the molecule is Cc1ccc(S(=O)(=O)O/C=C2\c3cc(Br)ccc3C(=O)N2S(=O)(=O)c2ccc(C)cc2)cc1. The van der Waals surface area contributed by atoms with Crippen LogP contribution in [0.15, 0.2) is 87.3 Å². The molecule has 0 saturated carbocycles. The molecular weight excluding hydrogens is 530 g/mol. The fourth-order valence-electron chi connectivity index (χ4n) is 3.28. The summed E-state index contributed by atoms with van der Waals surface area (Å²) in [5.74, 6) is -0.805. The van der Waals surface area contributed by atoms with Crippen LogP contribution in [0, 0.1) is 13.8 Å². The number of halogens is 1. The lowest BCUT2D eigenvalue weighted by atomic mass is 10.1. The third-order valence-corrected chi connectivity index (χ3v) is 8.45. The molecule has 0 atom stereocenters. The Morgan fingerprint density at radius 3 is 1.91 bits per heavy atom. The zero-order valence-electron chi connectivity index (χ0n) is 17.5. The van der Waals surface area contributed by atoms with E-state index in [2.05, 4.69) is 15.9 Å². The summed E-state index contributed by atoms with van der Waals surface area (Å²) in [5.41, 5.74) is 1.84. The molecule has 0 unspecified atom stereocenters. The van der Waals surface area contributed by atoms with Crippen molar-refractivity contribution in [2.45, 2.75) is 23.6 Å². The molecule has 33 heavy (non-hydrogen) atoms. The van der Waals surface area contributed by atoms with E-state index in [0.29, 0.717) is 8.78 Å². The topological polar surface area (TPSA) is 97.8 Å². The summed E-state index contributed by atoms with van der Waals surface area (Å²) in [7, 11) is -8.60. The number of sulfonamides is 1. The van der Waals surface area contributed by atoms with Crippen molar-refractivity contribution in [2.75, 3.05) is 0 Å². The molecule has 4 rings (SSSR count). The average Bonchev–Trinajstić information content (AvgIpc) is 3.04. The standard InChI is InChI=1S/C23H18BrNO6S2/c1-15-3-8-18(9-4-15)32(27,28)25-22(21-13-17(24)7-12-20(21)23(25)26)14-31-33(29,30)19-10-5-16(2)6-11-19/h3-14H,1-2H3/b22-14+. The number of fused-ring (bicyclic) bond motifs is 1. The Balaban J connectivity index is 1.83. The van der Waals surface area contributed by atoms with Crippen molar-refractivity contribution in [1.29, 1.82) is 0 Å². The van der Waals surface area contributed by atoms with Gasteiger partial charge in [-0.2, -0.15) is 12.7 Å². The molecule has 0 fully saturated rings. The molecule has 0 spiro atoms. The molecule has 0 aliphatic carbocycles. The molecule has 0 bridgehead atoms. The van der Waals surface area contributed by atoms with E-state index in [9.17, 15) is 21.6 Å². The number of hydrogen-bond donors (Lipinski definition) is 0. The van der Waals surface area contributed by atoms with Gasteiger partial charge in [0.05, 0.1) is 10.5 Å². The van der Waals surface area contributed by atoms with Gasteiger partial charge in [0.1, 0.15) is 16.9 Å². The van der Waals surface area contributed by atoms with Crippen molar-refractivity contribution < 1.29 is 25.8 Å². The van der Waals surface area contributed by atoms with E-state index in [0.717, 1.165) is 17.4 Å². The lowest BCUT2D eigenvalue weighted by Gasteiger charge is -2.18. The number of nitrogens with zero attached hydrogens (tertiary/aromatic N) is 1. The van der Waals surface area contributed by atoms with Gasteiger partial charge in [0, 0.05) is 10.0 Å². The minimum Gasteiger partial charge on any atom is -0.385 e. The zero-order valence-corrected chi connectivity index (χ0v) is 20.7. The van der Waals surface area contributed by atoms with E-state index < -0.39 is 26.0 Å². The summed E-state index contributed by atoms with van der Waals surface area (Å²) in [6.07, 6.45) is 0.789. The molecule has 0 saturated heterocycles.